The number of nitrogens with zero attached hydrogens (tertiary/aromatic N) is 1. The molecule has 0 aliphatic carbocycles. The van der Waals surface area contributed by atoms with E-state index < -0.39 is 5.97 Å². The van der Waals surface area contributed by atoms with Crippen LogP contribution in [0.2, 0.25) is 0 Å². The van der Waals surface area contributed by atoms with Gasteiger partial charge in [0.05, 0.1) is 12.1 Å². The van der Waals surface area contributed by atoms with Gasteiger partial charge in [-0.3, -0.25) is 14.7 Å². The van der Waals surface area contributed by atoms with Crippen LogP contribution in [0.15, 0.2) is 46.0 Å². The Kier molecular flexibility index (Phi) is 3.99. The molecule has 1 aromatic carbocycles. The molecule has 7 nitrogen and oxygen atoms in total. The predicted octanol–water partition coefficient (Wildman–Crippen LogP) is 0.314. The number of aromatic amines is 1. The Morgan fingerprint density at radius 2 is 2.05 bits per heavy atom. The molecule has 0 saturated carbocycles. The van der Waals surface area contributed by atoms with Crippen LogP contribution in [0, 0.1) is 0 Å². The summed E-state index contributed by atoms with van der Waals surface area (Å²) >= 11 is 0. The number of rotatable bonds is 5. The number of aromatic nitrogens is 2. The molecule has 1 heterocycles. The van der Waals surface area contributed by atoms with Gasteiger partial charge in [0, 0.05) is 12.1 Å². The Bertz CT molecular complexity index is 732. The number of nitrogens with one attached hydrogen (secondary N) is 1. The summed E-state index contributed by atoms with van der Waals surface area (Å²) in [7, 11) is 0. The first kappa shape index (κ1) is 13.6. The molecule has 104 valence electrons. The molecule has 2 aromatic rings. The minimum absolute atomic E-state index is 0.118. The zero-order chi connectivity index (χ0) is 14.5. The highest BCUT2D eigenvalue weighted by atomic mass is 16.5. The molecule has 0 unspecified atom stereocenters. The quantitative estimate of drug-likeness (QED) is 0.818. The monoisotopic (exact) mass is 276 g/mol. The maximum Gasteiger partial charge on any atom is 0.335 e. The number of hydrogen-bond donors (Lipinski definition) is 2. The molecule has 0 radical (unpaired) electrons. The Morgan fingerprint density at radius 3 is 2.80 bits per heavy atom. The highest BCUT2D eigenvalue weighted by Crippen LogP contribution is 2.13. The molecule has 0 saturated heterocycles. The van der Waals surface area contributed by atoms with Crippen LogP contribution < -0.4 is 15.9 Å². The van der Waals surface area contributed by atoms with Crippen LogP contribution in [-0.4, -0.2) is 27.5 Å². The van der Waals surface area contributed by atoms with E-state index in [1.165, 1.54) is 18.2 Å². The van der Waals surface area contributed by atoms with Crippen molar-refractivity contribution in [3.8, 4) is 5.75 Å². The first-order chi connectivity index (χ1) is 9.56. The fourth-order valence-electron chi connectivity index (χ4n) is 1.60. The molecule has 1 aromatic heterocycles. The number of carboxylic acids is 1. The minimum Gasteiger partial charge on any atom is -0.492 e. The van der Waals surface area contributed by atoms with E-state index in [9.17, 15) is 14.4 Å². The topological polar surface area (TPSA) is 101 Å². The van der Waals surface area contributed by atoms with Gasteiger partial charge >= 0.3 is 5.97 Å². The van der Waals surface area contributed by atoms with E-state index in [2.05, 4.69) is 5.10 Å². The van der Waals surface area contributed by atoms with Crippen molar-refractivity contribution >= 4 is 5.97 Å². The Balaban J connectivity index is 2.01. The van der Waals surface area contributed by atoms with Gasteiger partial charge in [0.15, 0.2) is 0 Å². The van der Waals surface area contributed by atoms with E-state index >= 15 is 0 Å². The minimum atomic E-state index is -1.04. The number of ether oxygens (including phenoxy) is 1. The standard InChI is InChI=1S/C13H12N2O5/c16-11-4-5-12(17)15(14-11)6-7-20-10-3-1-2-9(8-10)13(18)19/h1-5,8H,6-7H2,(H,14,16)(H,18,19). The van der Waals surface area contributed by atoms with Gasteiger partial charge < -0.3 is 9.84 Å². The maximum atomic E-state index is 11.4. The molecule has 7 heteroatoms. The average Bonchev–Trinajstić information content (AvgIpc) is 2.43. The maximum absolute atomic E-state index is 11.4. The zero-order valence-electron chi connectivity index (χ0n) is 10.4. The van der Waals surface area contributed by atoms with Crippen molar-refractivity contribution in [1.82, 2.24) is 9.78 Å². The second kappa shape index (κ2) is 5.87. The first-order valence-corrected chi connectivity index (χ1v) is 5.82. The van der Waals surface area contributed by atoms with Crippen molar-refractivity contribution in [2.24, 2.45) is 0 Å². The van der Waals surface area contributed by atoms with Gasteiger partial charge in [0.25, 0.3) is 11.1 Å². The van der Waals surface area contributed by atoms with Gasteiger partial charge in [-0.25, -0.2) is 9.48 Å². The Morgan fingerprint density at radius 1 is 1.25 bits per heavy atom. The number of carbonyl (C=O) groups is 1. The van der Waals surface area contributed by atoms with Crippen molar-refractivity contribution < 1.29 is 14.6 Å². The number of benzene rings is 1. The predicted molar refractivity (Wildman–Crippen MR) is 70.2 cm³/mol. The smallest absolute Gasteiger partial charge is 0.335 e. The Hall–Kier alpha value is -2.83. The molecular formula is C13H12N2O5. The van der Waals surface area contributed by atoms with Crippen LogP contribution in [0.1, 0.15) is 10.4 Å². The molecule has 0 spiro atoms. The second-order valence-corrected chi connectivity index (χ2v) is 3.98. The highest BCUT2D eigenvalue weighted by Gasteiger charge is 2.04. The van der Waals surface area contributed by atoms with Crippen LogP contribution in [0.4, 0.5) is 0 Å². The molecule has 2 N–H and O–H groups in total. The summed E-state index contributed by atoms with van der Waals surface area (Å²) in [6.45, 7) is 0.287. The van der Waals surface area contributed by atoms with E-state index in [-0.39, 0.29) is 29.8 Å². The lowest BCUT2D eigenvalue weighted by Crippen LogP contribution is -2.29. The third kappa shape index (κ3) is 3.35. The zero-order valence-corrected chi connectivity index (χ0v) is 10.4. The lowest BCUT2D eigenvalue weighted by Gasteiger charge is -2.08. The summed E-state index contributed by atoms with van der Waals surface area (Å²) in [6, 6.07) is 8.34. The lowest BCUT2D eigenvalue weighted by molar-refractivity contribution is 0.0696. The summed E-state index contributed by atoms with van der Waals surface area (Å²) in [5.41, 5.74) is -0.599. The SMILES string of the molecule is O=C(O)c1cccc(OCCn2[nH]c(=O)ccc2=O)c1. The summed E-state index contributed by atoms with van der Waals surface area (Å²) in [5.74, 6) is -0.657. The molecule has 0 bridgehead atoms. The molecule has 0 aliphatic rings. The van der Waals surface area contributed by atoms with E-state index in [1.807, 2.05) is 0 Å². The van der Waals surface area contributed by atoms with Crippen molar-refractivity contribution in [2.75, 3.05) is 6.61 Å². The molecule has 0 atom stereocenters. The number of aromatic carboxylic acids is 1. The normalized spacial score (nSPS) is 10.2. The highest BCUT2D eigenvalue weighted by molar-refractivity contribution is 5.87. The van der Waals surface area contributed by atoms with Gasteiger partial charge in [-0.05, 0) is 18.2 Å². The molecular weight excluding hydrogens is 264 g/mol. The van der Waals surface area contributed by atoms with Crippen LogP contribution in [-0.2, 0) is 6.54 Å². The van der Waals surface area contributed by atoms with Gasteiger partial charge in [0.1, 0.15) is 12.4 Å². The van der Waals surface area contributed by atoms with E-state index in [1.54, 1.807) is 12.1 Å². The van der Waals surface area contributed by atoms with Crippen molar-refractivity contribution in [1.29, 1.82) is 0 Å². The van der Waals surface area contributed by atoms with Crippen LogP contribution in [0.25, 0.3) is 0 Å². The number of hydrogen-bond acceptors (Lipinski definition) is 4. The van der Waals surface area contributed by atoms with Crippen molar-refractivity contribution in [3.63, 3.8) is 0 Å². The molecule has 20 heavy (non-hydrogen) atoms. The molecule has 2 rings (SSSR count). The van der Waals surface area contributed by atoms with Crippen LogP contribution in [0.3, 0.4) is 0 Å². The summed E-state index contributed by atoms with van der Waals surface area (Å²) in [6.07, 6.45) is 0. The Labute approximate surface area is 113 Å². The van der Waals surface area contributed by atoms with Crippen LogP contribution in [0.5, 0.6) is 5.75 Å². The summed E-state index contributed by atoms with van der Waals surface area (Å²) in [4.78, 5) is 33.3. The average molecular weight is 276 g/mol. The lowest BCUT2D eigenvalue weighted by atomic mass is 10.2. The van der Waals surface area contributed by atoms with Gasteiger partial charge in [-0.15, -0.1) is 0 Å². The second-order valence-electron chi connectivity index (χ2n) is 3.98. The third-order valence-corrected chi connectivity index (χ3v) is 2.55. The summed E-state index contributed by atoms with van der Waals surface area (Å²) in [5, 5.41) is 11.2. The van der Waals surface area contributed by atoms with Gasteiger partial charge in [-0.1, -0.05) is 6.07 Å². The first-order valence-electron chi connectivity index (χ1n) is 5.82. The third-order valence-electron chi connectivity index (χ3n) is 2.55. The summed E-state index contributed by atoms with van der Waals surface area (Å²) < 4.78 is 6.48. The van der Waals surface area contributed by atoms with E-state index in [4.69, 9.17) is 9.84 Å². The van der Waals surface area contributed by atoms with E-state index in [0.29, 0.717) is 5.75 Å². The molecule has 0 fully saturated rings. The van der Waals surface area contributed by atoms with Gasteiger partial charge in [0.2, 0.25) is 0 Å². The van der Waals surface area contributed by atoms with E-state index in [0.717, 1.165) is 10.7 Å². The van der Waals surface area contributed by atoms with Crippen molar-refractivity contribution in [2.45, 2.75) is 6.54 Å². The fraction of sp³-hybridized carbons (Fsp3) is 0.154. The van der Waals surface area contributed by atoms with Gasteiger partial charge in [-0.2, -0.15) is 0 Å². The van der Waals surface area contributed by atoms with Crippen LogP contribution >= 0.6 is 0 Å². The van der Waals surface area contributed by atoms with Crippen molar-refractivity contribution in [3.05, 3.63) is 62.7 Å². The molecule has 0 amide bonds. The number of carboxylic acid groups (broad SMARTS) is 1. The largest absolute Gasteiger partial charge is 0.492 e. The number of H-pyrrole nitrogens is 1. The fourth-order valence-corrected chi connectivity index (χ4v) is 1.60. The molecule has 0 aliphatic heterocycles.